The minimum atomic E-state index is -0.459. The van der Waals surface area contributed by atoms with E-state index in [1.165, 1.54) is 0 Å². The van der Waals surface area contributed by atoms with E-state index < -0.39 is 36.6 Å². The first-order valence-corrected chi connectivity index (χ1v) is 27.1. The van der Waals surface area contributed by atoms with Crippen LogP contribution >= 0.6 is 0 Å². The molecule has 410 valence electrons. The van der Waals surface area contributed by atoms with Crippen molar-refractivity contribution in [1.82, 2.24) is 0 Å². The van der Waals surface area contributed by atoms with Crippen LogP contribution < -0.4 is 0 Å². The van der Waals surface area contributed by atoms with Crippen molar-refractivity contribution in [1.29, 1.82) is 0 Å². The van der Waals surface area contributed by atoms with Gasteiger partial charge >= 0.3 is 0 Å². The van der Waals surface area contributed by atoms with Crippen LogP contribution in [0.3, 0.4) is 0 Å². The molecule has 0 rings (SSSR count). The molecule has 0 aromatic heterocycles. The van der Waals surface area contributed by atoms with Gasteiger partial charge in [-0.2, -0.15) is 0 Å². The molecule has 0 aliphatic heterocycles. The van der Waals surface area contributed by atoms with E-state index in [0.717, 1.165) is 77.0 Å². The third kappa shape index (κ3) is 69.2. The molecule has 0 fully saturated rings. The molecular weight excluding hydrogens is 901 g/mol. The molecule has 0 aliphatic carbocycles. The monoisotopic (exact) mass is 1010 g/mol. The van der Waals surface area contributed by atoms with Crippen LogP contribution in [0.1, 0.15) is 165 Å². The Bertz CT molecular complexity index is 1520. The summed E-state index contributed by atoms with van der Waals surface area (Å²) in [4.78, 5) is 0. The maximum Gasteiger partial charge on any atom is 0.0758 e. The van der Waals surface area contributed by atoms with Gasteiger partial charge < -0.3 is 30.6 Å². The van der Waals surface area contributed by atoms with Crippen molar-refractivity contribution in [3.63, 3.8) is 0 Å². The molecule has 0 saturated carbocycles. The smallest absolute Gasteiger partial charge is 0.0758 e. The van der Waals surface area contributed by atoms with Gasteiger partial charge in [-0.25, -0.2) is 0 Å². The summed E-state index contributed by atoms with van der Waals surface area (Å²) in [5, 5.41) is 58.5. The minimum Gasteiger partial charge on any atom is -0.389 e. The van der Waals surface area contributed by atoms with Crippen molar-refractivity contribution in [3.8, 4) is 0 Å². The maximum atomic E-state index is 9.78. The molecule has 0 aliphatic rings. The van der Waals surface area contributed by atoms with Crippen LogP contribution in [0.2, 0.25) is 0 Å². The number of aliphatic hydroxyl groups is 6. The van der Waals surface area contributed by atoms with Crippen LogP contribution in [0.4, 0.5) is 0 Å². The van der Waals surface area contributed by atoms with Crippen molar-refractivity contribution < 1.29 is 30.6 Å². The van der Waals surface area contributed by atoms with E-state index in [0.29, 0.717) is 38.5 Å². The molecule has 0 radical (unpaired) electrons. The lowest BCUT2D eigenvalue weighted by atomic mass is 10.2. The molecule has 0 aromatic rings. The number of unbranched alkanes of at least 4 members (excludes halogenated alkanes) is 3. The second-order valence-corrected chi connectivity index (χ2v) is 16.8. The fourth-order valence-corrected chi connectivity index (χ4v) is 5.59. The Morgan fingerprint density at radius 3 is 0.589 bits per heavy atom. The summed E-state index contributed by atoms with van der Waals surface area (Å²) in [6.07, 6.45) is 83.7. The van der Waals surface area contributed by atoms with Gasteiger partial charge in [-0.05, 0) is 96.3 Å². The normalized spacial score (nSPS) is 15.8. The fourth-order valence-electron chi connectivity index (χ4n) is 5.59. The summed E-state index contributed by atoms with van der Waals surface area (Å²) in [7, 11) is 0. The zero-order valence-corrected chi connectivity index (χ0v) is 45.7. The van der Waals surface area contributed by atoms with Crippen LogP contribution in [-0.4, -0.2) is 67.3 Å². The number of hydrogen-bond acceptors (Lipinski definition) is 6. The van der Waals surface area contributed by atoms with Gasteiger partial charge in [-0.15, -0.1) is 0 Å². The highest BCUT2D eigenvalue weighted by Gasteiger charge is 1.97. The van der Waals surface area contributed by atoms with E-state index in [2.05, 4.69) is 114 Å². The van der Waals surface area contributed by atoms with Crippen molar-refractivity contribution >= 4 is 0 Å². The topological polar surface area (TPSA) is 121 Å². The van der Waals surface area contributed by atoms with E-state index in [-0.39, 0.29) is 7.43 Å². The lowest BCUT2D eigenvalue weighted by Crippen LogP contribution is -1.98. The van der Waals surface area contributed by atoms with Crippen LogP contribution in [0.15, 0.2) is 219 Å². The molecule has 6 atom stereocenters. The van der Waals surface area contributed by atoms with Gasteiger partial charge in [0.15, 0.2) is 0 Å². The summed E-state index contributed by atoms with van der Waals surface area (Å²) in [5.74, 6) is 0. The molecule has 0 heterocycles. The summed E-state index contributed by atoms with van der Waals surface area (Å²) < 4.78 is 0. The molecule has 6 heteroatoms. The Kier molecular flexibility index (Phi) is 66.5. The molecule has 0 saturated heterocycles. The molecule has 0 spiro atoms. The third-order valence-corrected chi connectivity index (χ3v) is 9.65. The van der Waals surface area contributed by atoms with Crippen LogP contribution in [0, 0.1) is 0 Å². The summed E-state index contributed by atoms with van der Waals surface area (Å²) in [6, 6.07) is 0. The lowest BCUT2D eigenvalue weighted by Gasteiger charge is -1.99. The summed E-state index contributed by atoms with van der Waals surface area (Å²) in [6.45, 7) is 12.7. The average molecular weight is 1010 g/mol. The number of aliphatic hydroxyl groups excluding tert-OH is 6. The van der Waals surface area contributed by atoms with Gasteiger partial charge in [-0.3, -0.25) is 0 Å². The second-order valence-electron chi connectivity index (χ2n) is 16.8. The van der Waals surface area contributed by atoms with E-state index >= 15 is 0 Å². The first-order valence-electron chi connectivity index (χ1n) is 27.1. The highest BCUT2D eigenvalue weighted by Crippen LogP contribution is 2.04. The van der Waals surface area contributed by atoms with E-state index in [4.69, 9.17) is 0 Å². The van der Waals surface area contributed by atoms with Gasteiger partial charge in [0.1, 0.15) is 0 Å². The van der Waals surface area contributed by atoms with Crippen molar-refractivity contribution in [2.75, 3.05) is 0 Å². The Labute approximate surface area is 448 Å². The quantitative estimate of drug-likeness (QED) is 0.0270. The molecule has 0 amide bonds. The van der Waals surface area contributed by atoms with Gasteiger partial charge in [-0.1, -0.05) is 287 Å². The predicted molar refractivity (Wildman–Crippen MR) is 324 cm³/mol. The van der Waals surface area contributed by atoms with Crippen molar-refractivity contribution in [2.24, 2.45) is 0 Å². The highest BCUT2D eigenvalue weighted by molar-refractivity contribution is 5.16. The first kappa shape index (κ1) is 74.6. The van der Waals surface area contributed by atoms with Gasteiger partial charge in [0, 0.05) is 0 Å². The minimum absolute atomic E-state index is 0. The fraction of sp³-hybridized carbons (Fsp3) is 0.463. The first-order chi connectivity index (χ1) is 35.1. The maximum absolute atomic E-state index is 9.78. The van der Waals surface area contributed by atoms with E-state index in [9.17, 15) is 30.6 Å². The van der Waals surface area contributed by atoms with Crippen LogP contribution in [0.25, 0.3) is 0 Å². The summed E-state index contributed by atoms with van der Waals surface area (Å²) >= 11 is 0. The molecule has 6 N–H and O–H groups in total. The average Bonchev–Trinajstić information content (AvgIpc) is 3.37. The van der Waals surface area contributed by atoms with Crippen LogP contribution in [0.5, 0.6) is 0 Å². The molecular formula is C67H106O6. The zero-order valence-electron chi connectivity index (χ0n) is 45.7. The number of hydrogen-bond donors (Lipinski definition) is 6. The Morgan fingerprint density at radius 2 is 0.411 bits per heavy atom. The van der Waals surface area contributed by atoms with Crippen LogP contribution in [-0.2, 0) is 0 Å². The molecule has 6 nitrogen and oxygen atoms in total. The third-order valence-electron chi connectivity index (χ3n) is 9.65. The Balaban J connectivity index is -0.000000486. The van der Waals surface area contributed by atoms with Gasteiger partial charge in [0.2, 0.25) is 0 Å². The largest absolute Gasteiger partial charge is 0.389 e. The van der Waals surface area contributed by atoms with Crippen molar-refractivity contribution in [2.45, 2.75) is 201 Å². The van der Waals surface area contributed by atoms with Gasteiger partial charge in [0.25, 0.3) is 0 Å². The second kappa shape index (κ2) is 65.1. The number of allylic oxidation sites excluding steroid dienone is 24. The highest BCUT2D eigenvalue weighted by atomic mass is 16.3. The van der Waals surface area contributed by atoms with Gasteiger partial charge in [0.05, 0.1) is 36.6 Å². The molecule has 0 unspecified atom stereocenters. The predicted octanol–water partition coefficient (Wildman–Crippen LogP) is 16.9. The molecule has 0 bridgehead atoms. The number of rotatable bonds is 39. The summed E-state index contributed by atoms with van der Waals surface area (Å²) in [5.41, 5.74) is 0. The Hall–Kier alpha value is -4.92. The molecule has 73 heavy (non-hydrogen) atoms. The molecule has 0 aromatic carbocycles. The van der Waals surface area contributed by atoms with E-state index in [1.807, 2.05) is 109 Å². The van der Waals surface area contributed by atoms with Crippen molar-refractivity contribution in [3.05, 3.63) is 219 Å². The SMILES string of the molecule is C.CC/C=C\C/C=C\C[C@H](O)\C=C/C=C/C=C/[C@H](O)C/C=C\CCC.CC/C=C\C/C=C\C[C@H](O)\C=C/C=C/C=C/[C@H](O)C/C=C\CCC.CC/C=C\C/C=C\C[C@H](O)\C=C/C=C/C=C/[C@H](O)C/C=C\CCC. The Morgan fingerprint density at radius 1 is 0.233 bits per heavy atom. The zero-order chi connectivity index (χ0) is 53.6. The van der Waals surface area contributed by atoms with E-state index in [1.54, 1.807) is 36.5 Å². The lowest BCUT2D eigenvalue weighted by molar-refractivity contribution is 0.226. The standard InChI is InChI=1S/3C22H34O2.CH4/c3*1-3-5-7-9-10-14-18-22(24)20-16-12-11-15-19-21(23)17-13-8-6-4-2;/h3*5,7-8,10-16,19-24H,3-4,6,9,17-18H2,1-2H3;1H4/b3*7-5-,12-11+,13-8-,14-10-,19-15+,20-16-;/t3*21-,22+;/m111./s1.